The zero-order valence-electron chi connectivity index (χ0n) is 11.6. The molecule has 102 valence electrons. The number of aromatic amines is 1. The Kier molecular flexibility index (Phi) is 2.62. The van der Waals surface area contributed by atoms with E-state index in [1.165, 1.54) is 18.4 Å². The summed E-state index contributed by atoms with van der Waals surface area (Å²) in [6.45, 7) is 3.18. The van der Waals surface area contributed by atoms with Crippen LogP contribution in [0.3, 0.4) is 0 Å². The summed E-state index contributed by atoms with van der Waals surface area (Å²) >= 11 is 0. The Bertz CT molecular complexity index is 749. The number of aryl methyl sites for hydroxylation is 1. The van der Waals surface area contributed by atoms with Gasteiger partial charge in [-0.2, -0.15) is 5.10 Å². The highest BCUT2D eigenvalue weighted by molar-refractivity contribution is 5.79. The van der Waals surface area contributed by atoms with Crippen LogP contribution < -0.4 is 0 Å². The van der Waals surface area contributed by atoms with Crippen LogP contribution >= 0.6 is 0 Å². The Labute approximate surface area is 117 Å². The average molecular weight is 266 g/mol. The van der Waals surface area contributed by atoms with E-state index in [4.69, 9.17) is 4.98 Å². The number of hydrogen-bond acceptors (Lipinski definition) is 2. The van der Waals surface area contributed by atoms with Crippen molar-refractivity contribution in [3.8, 4) is 11.5 Å². The first-order chi connectivity index (χ1) is 9.83. The number of imidazole rings is 1. The van der Waals surface area contributed by atoms with Gasteiger partial charge in [-0.05, 0) is 48.9 Å². The first kappa shape index (κ1) is 11.7. The Morgan fingerprint density at radius 3 is 3.00 bits per heavy atom. The predicted octanol–water partition coefficient (Wildman–Crippen LogP) is 3.40. The van der Waals surface area contributed by atoms with Gasteiger partial charge in [0.2, 0.25) is 0 Å². The Morgan fingerprint density at radius 1 is 1.30 bits per heavy atom. The van der Waals surface area contributed by atoms with E-state index in [1.807, 2.05) is 12.3 Å². The van der Waals surface area contributed by atoms with Crippen molar-refractivity contribution in [3.63, 3.8) is 0 Å². The molecule has 3 aromatic rings. The average Bonchev–Trinajstić information content (AvgIpc) is 3.00. The molecule has 1 fully saturated rings. The number of fused-ring (bicyclic) bond motifs is 1. The van der Waals surface area contributed by atoms with E-state index < -0.39 is 0 Å². The van der Waals surface area contributed by atoms with Crippen LogP contribution in [0.1, 0.15) is 25.3 Å². The van der Waals surface area contributed by atoms with Gasteiger partial charge in [-0.3, -0.25) is 4.68 Å². The first-order valence-corrected chi connectivity index (χ1v) is 7.34. The lowest BCUT2D eigenvalue weighted by Gasteiger charge is -2.03. The molecule has 1 aliphatic rings. The Hall–Kier alpha value is -2.10. The van der Waals surface area contributed by atoms with Gasteiger partial charge in [0.25, 0.3) is 0 Å². The minimum atomic E-state index is 0.810. The van der Waals surface area contributed by atoms with Crippen molar-refractivity contribution in [2.24, 2.45) is 5.92 Å². The number of nitrogens with zero attached hydrogens (tertiary/aromatic N) is 3. The second-order valence-corrected chi connectivity index (χ2v) is 5.63. The van der Waals surface area contributed by atoms with E-state index >= 15 is 0 Å². The lowest BCUT2D eigenvalue weighted by molar-refractivity contribution is 0.567. The van der Waals surface area contributed by atoms with Crippen LogP contribution in [-0.2, 0) is 13.0 Å². The smallest absolute Gasteiger partial charge is 0.156 e. The van der Waals surface area contributed by atoms with Crippen LogP contribution in [-0.4, -0.2) is 19.7 Å². The SMILES string of the molecule is CCc1ccc2nc(-c3ccnn3CC3CC3)[nH]c2c1. The van der Waals surface area contributed by atoms with Gasteiger partial charge < -0.3 is 4.98 Å². The summed E-state index contributed by atoms with van der Waals surface area (Å²) in [5.41, 5.74) is 4.56. The summed E-state index contributed by atoms with van der Waals surface area (Å²) in [6, 6.07) is 8.47. The molecule has 0 atom stereocenters. The fourth-order valence-corrected chi connectivity index (χ4v) is 2.62. The van der Waals surface area contributed by atoms with Crippen LogP contribution in [0.25, 0.3) is 22.6 Å². The fourth-order valence-electron chi connectivity index (χ4n) is 2.62. The monoisotopic (exact) mass is 266 g/mol. The number of rotatable bonds is 4. The molecule has 0 saturated heterocycles. The topological polar surface area (TPSA) is 46.5 Å². The van der Waals surface area contributed by atoms with E-state index in [-0.39, 0.29) is 0 Å². The summed E-state index contributed by atoms with van der Waals surface area (Å²) in [5.74, 6) is 1.73. The molecule has 0 unspecified atom stereocenters. The van der Waals surface area contributed by atoms with Crippen molar-refractivity contribution < 1.29 is 0 Å². The first-order valence-electron chi connectivity index (χ1n) is 7.34. The quantitative estimate of drug-likeness (QED) is 0.786. The lowest BCUT2D eigenvalue weighted by atomic mass is 10.1. The van der Waals surface area contributed by atoms with Crippen LogP contribution in [0.15, 0.2) is 30.5 Å². The van der Waals surface area contributed by atoms with E-state index in [2.05, 4.69) is 39.9 Å². The third-order valence-corrected chi connectivity index (χ3v) is 4.04. The van der Waals surface area contributed by atoms with Crippen molar-refractivity contribution in [1.29, 1.82) is 0 Å². The van der Waals surface area contributed by atoms with Gasteiger partial charge in [0.1, 0.15) is 5.69 Å². The zero-order chi connectivity index (χ0) is 13.5. The fraction of sp³-hybridized carbons (Fsp3) is 0.375. The van der Waals surface area contributed by atoms with E-state index in [0.29, 0.717) is 0 Å². The maximum absolute atomic E-state index is 4.70. The molecule has 1 aliphatic carbocycles. The van der Waals surface area contributed by atoms with Crippen molar-refractivity contribution in [3.05, 3.63) is 36.0 Å². The minimum absolute atomic E-state index is 0.810. The molecule has 20 heavy (non-hydrogen) atoms. The number of H-pyrrole nitrogens is 1. The highest BCUT2D eigenvalue weighted by Gasteiger charge is 2.23. The molecule has 4 rings (SSSR count). The Morgan fingerprint density at radius 2 is 2.20 bits per heavy atom. The molecule has 0 radical (unpaired) electrons. The normalized spacial score (nSPS) is 15.1. The van der Waals surface area contributed by atoms with Gasteiger partial charge in [0.05, 0.1) is 11.0 Å². The second kappa shape index (κ2) is 4.47. The minimum Gasteiger partial charge on any atom is -0.337 e. The number of hydrogen-bond donors (Lipinski definition) is 1. The standard InChI is InChI=1S/C16H18N4/c1-2-11-5-6-13-14(9-11)19-16(18-13)15-7-8-17-20(15)10-12-3-4-12/h5-9,12H,2-4,10H2,1H3,(H,18,19). The molecule has 1 aromatic carbocycles. The zero-order valence-corrected chi connectivity index (χ0v) is 11.6. The van der Waals surface area contributed by atoms with E-state index in [9.17, 15) is 0 Å². The van der Waals surface area contributed by atoms with Crippen molar-refractivity contribution >= 4 is 11.0 Å². The highest BCUT2D eigenvalue weighted by atomic mass is 15.3. The predicted molar refractivity (Wildman–Crippen MR) is 79.4 cm³/mol. The van der Waals surface area contributed by atoms with Gasteiger partial charge in [-0.25, -0.2) is 4.98 Å². The van der Waals surface area contributed by atoms with Gasteiger partial charge in [-0.1, -0.05) is 13.0 Å². The Balaban J connectivity index is 1.75. The van der Waals surface area contributed by atoms with Crippen molar-refractivity contribution in [2.75, 3.05) is 0 Å². The third-order valence-electron chi connectivity index (χ3n) is 4.04. The molecule has 0 amide bonds. The summed E-state index contributed by atoms with van der Waals surface area (Å²) in [4.78, 5) is 8.14. The third kappa shape index (κ3) is 2.01. The molecule has 0 aliphatic heterocycles. The molecule has 0 bridgehead atoms. The molecule has 1 N–H and O–H groups in total. The molecule has 2 heterocycles. The largest absolute Gasteiger partial charge is 0.337 e. The summed E-state index contributed by atoms with van der Waals surface area (Å²) in [7, 11) is 0. The summed E-state index contributed by atoms with van der Waals surface area (Å²) < 4.78 is 2.08. The molecular formula is C16H18N4. The van der Waals surface area contributed by atoms with Gasteiger partial charge >= 0.3 is 0 Å². The van der Waals surface area contributed by atoms with Crippen LogP contribution in [0, 0.1) is 5.92 Å². The van der Waals surface area contributed by atoms with Gasteiger partial charge in [0, 0.05) is 12.7 Å². The van der Waals surface area contributed by atoms with Crippen LogP contribution in [0.4, 0.5) is 0 Å². The molecule has 0 spiro atoms. The van der Waals surface area contributed by atoms with E-state index in [1.54, 1.807) is 0 Å². The molecule has 4 heteroatoms. The number of benzene rings is 1. The van der Waals surface area contributed by atoms with Crippen molar-refractivity contribution in [1.82, 2.24) is 19.7 Å². The highest BCUT2D eigenvalue weighted by Crippen LogP contribution is 2.32. The van der Waals surface area contributed by atoms with Gasteiger partial charge in [0.15, 0.2) is 5.82 Å². The maximum Gasteiger partial charge on any atom is 0.156 e. The molecular weight excluding hydrogens is 248 g/mol. The van der Waals surface area contributed by atoms with Crippen LogP contribution in [0.5, 0.6) is 0 Å². The van der Waals surface area contributed by atoms with Crippen LogP contribution in [0.2, 0.25) is 0 Å². The molecule has 4 nitrogen and oxygen atoms in total. The number of nitrogens with one attached hydrogen (secondary N) is 1. The summed E-state index contributed by atoms with van der Waals surface area (Å²) in [6.07, 6.45) is 5.57. The second-order valence-electron chi connectivity index (χ2n) is 5.63. The van der Waals surface area contributed by atoms with Gasteiger partial charge in [-0.15, -0.1) is 0 Å². The molecule has 1 saturated carbocycles. The maximum atomic E-state index is 4.70. The molecule has 2 aromatic heterocycles. The van der Waals surface area contributed by atoms with E-state index in [0.717, 1.165) is 41.4 Å². The lowest BCUT2D eigenvalue weighted by Crippen LogP contribution is -2.04. The van der Waals surface area contributed by atoms with Crippen molar-refractivity contribution in [2.45, 2.75) is 32.7 Å². The number of aromatic nitrogens is 4. The summed E-state index contributed by atoms with van der Waals surface area (Å²) in [5, 5.41) is 4.43.